The van der Waals surface area contributed by atoms with Gasteiger partial charge >= 0.3 is 0 Å². The van der Waals surface area contributed by atoms with Crippen LogP contribution in [0, 0.1) is 0 Å². The van der Waals surface area contributed by atoms with E-state index in [9.17, 15) is 5.11 Å². The molecule has 2 rings (SSSR count). The standard InChI is InChI=1S/C16H16Cl2O/c1-2-4-11-5-3-6-12(9-11)16(19)14-10-13(17)7-8-15(14)18/h3,5-10,16,19H,2,4H2,1H3. The van der Waals surface area contributed by atoms with Crippen LogP contribution in [0.4, 0.5) is 0 Å². The van der Waals surface area contributed by atoms with Crippen molar-refractivity contribution < 1.29 is 5.11 Å². The summed E-state index contributed by atoms with van der Waals surface area (Å²) in [7, 11) is 0. The number of hydrogen-bond donors (Lipinski definition) is 1. The summed E-state index contributed by atoms with van der Waals surface area (Å²) in [6.07, 6.45) is 1.34. The smallest absolute Gasteiger partial charge is 0.106 e. The molecule has 19 heavy (non-hydrogen) atoms. The fourth-order valence-electron chi connectivity index (χ4n) is 2.11. The molecule has 0 aliphatic heterocycles. The lowest BCUT2D eigenvalue weighted by Crippen LogP contribution is -2.01. The van der Waals surface area contributed by atoms with Gasteiger partial charge in [-0.05, 0) is 35.7 Å². The zero-order chi connectivity index (χ0) is 13.8. The highest BCUT2D eigenvalue weighted by Crippen LogP contribution is 2.30. The first-order valence-corrected chi connectivity index (χ1v) is 7.09. The third-order valence-corrected chi connectivity index (χ3v) is 3.64. The molecule has 0 radical (unpaired) electrons. The second-order valence-electron chi connectivity index (χ2n) is 4.56. The summed E-state index contributed by atoms with van der Waals surface area (Å²) in [6.45, 7) is 2.14. The molecular weight excluding hydrogens is 279 g/mol. The normalized spacial score (nSPS) is 12.4. The molecule has 0 bridgehead atoms. The molecule has 0 aliphatic rings. The summed E-state index contributed by atoms with van der Waals surface area (Å²) in [5.41, 5.74) is 2.70. The van der Waals surface area contributed by atoms with Gasteiger partial charge in [-0.25, -0.2) is 0 Å². The SMILES string of the molecule is CCCc1cccc(C(O)c2cc(Cl)ccc2Cl)c1. The van der Waals surface area contributed by atoms with E-state index in [0.717, 1.165) is 18.4 Å². The quantitative estimate of drug-likeness (QED) is 0.839. The zero-order valence-corrected chi connectivity index (χ0v) is 12.2. The number of aliphatic hydroxyl groups is 1. The number of halogens is 2. The molecule has 0 saturated heterocycles. The fraction of sp³-hybridized carbons (Fsp3) is 0.250. The van der Waals surface area contributed by atoms with Crippen LogP contribution in [0.3, 0.4) is 0 Å². The Morgan fingerprint density at radius 3 is 2.63 bits per heavy atom. The number of aliphatic hydroxyl groups excluding tert-OH is 1. The monoisotopic (exact) mass is 294 g/mol. The van der Waals surface area contributed by atoms with E-state index in [1.54, 1.807) is 18.2 Å². The van der Waals surface area contributed by atoms with Gasteiger partial charge in [-0.2, -0.15) is 0 Å². The van der Waals surface area contributed by atoms with E-state index in [1.807, 2.05) is 18.2 Å². The maximum atomic E-state index is 10.4. The van der Waals surface area contributed by atoms with Crippen molar-refractivity contribution >= 4 is 23.2 Å². The maximum Gasteiger partial charge on any atom is 0.106 e. The molecule has 2 aromatic carbocycles. The highest BCUT2D eigenvalue weighted by Gasteiger charge is 2.14. The van der Waals surface area contributed by atoms with Crippen molar-refractivity contribution in [3.63, 3.8) is 0 Å². The summed E-state index contributed by atoms with van der Waals surface area (Å²) < 4.78 is 0. The molecule has 0 aromatic heterocycles. The lowest BCUT2D eigenvalue weighted by molar-refractivity contribution is 0.220. The van der Waals surface area contributed by atoms with Gasteiger partial charge in [-0.15, -0.1) is 0 Å². The van der Waals surface area contributed by atoms with Crippen molar-refractivity contribution in [1.82, 2.24) is 0 Å². The maximum absolute atomic E-state index is 10.4. The lowest BCUT2D eigenvalue weighted by Gasteiger charge is -2.14. The van der Waals surface area contributed by atoms with E-state index in [-0.39, 0.29) is 0 Å². The number of benzene rings is 2. The van der Waals surface area contributed by atoms with E-state index < -0.39 is 6.10 Å². The molecule has 1 atom stereocenters. The minimum absolute atomic E-state index is 0.526. The number of hydrogen-bond acceptors (Lipinski definition) is 1. The third kappa shape index (κ3) is 3.50. The van der Waals surface area contributed by atoms with Crippen molar-refractivity contribution in [2.45, 2.75) is 25.9 Å². The Morgan fingerprint density at radius 1 is 1.11 bits per heavy atom. The fourth-order valence-corrected chi connectivity index (χ4v) is 2.51. The molecule has 0 spiro atoms. The average molecular weight is 295 g/mol. The number of aryl methyl sites for hydroxylation is 1. The largest absolute Gasteiger partial charge is 0.384 e. The summed E-state index contributed by atoms with van der Waals surface area (Å²) in [6, 6.07) is 13.1. The van der Waals surface area contributed by atoms with Crippen LogP contribution in [-0.2, 0) is 6.42 Å². The minimum Gasteiger partial charge on any atom is -0.384 e. The molecule has 0 aliphatic carbocycles. The van der Waals surface area contributed by atoms with Crippen LogP contribution in [0.5, 0.6) is 0 Å². The van der Waals surface area contributed by atoms with Crippen molar-refractivity contribution in [2.75, 3.05) is 0 Å². The van der Waals surface area contributed by atoms with E-state index in [2.05, 4.69) is 13.0 Å². The highest BCUT2D eigenvalue weighted by molar-refractivity contribution is 6.33. The van der Waals surface area contributed by atoms with E-state index in [4.69, 9.17) is 23.2 Å². The molecule has 0 fully saturated rings. The van der Waals surface area contributed by atoms with Crippen LogP contribution < -0.4 is 0 Å². The second-order valence-corrected chi connectivity index (χ2v) is 5.41. The Bertz CT molecular complexity index is 566. The molecule has 2 aromatic rings. The Kier molecular flexibility index (Phi) is 4.87. The molecule has 3 heteroatoms. The van der Waals surface area contributed by atoms with Gasteiger partial charge in [0.15, 0.2) is 0 Å². The van der Waals surface area contributed by atoms with Crippen molar-refractivity contribution in [2.24, 2.45) is 0 Å². The summed E-state index contributed by atoms with van der Waals surface area (Å²) in [5, 5.41) is 11.5. The van der Waals surface area contributed by atoms with Gasteiger partial charge in [0.1, 0.15) is 6.10 Å². The van der Waals surface area contributed by atoms with Gasteiger partial charge in [0.05, 0.1) is 0 Å². The van der Waals surface area contributed by atoms with Crippen LogP contribution >= 0.6 is 23.2 Å². The summed E-state index contributed by atoms with van der Waals surface area (Å²) >= 11 is 12.1. The van der Waals surface area contributed by atoms with Crippen LogP contribution in [0.15, 0.2) is 42.5 Å². The topological polar surface area (TPSA) is 20.2 Å². The van der Waals surface area contributed by atoms with Crippen molar-refractivity contribution in [3.8, 4) is 0 Å². The Morgan fingerprint density at radius 2 is 1.89 bits per heavy atom. The molecule has 0 heterocycles. The Hall–Kier alpha value is -1.02. The first-order chi connectivity index (χ1) is 9.11. The first kappa shape index (κ1) is 14.4. The molecule has 0 amide bonds. The Balaban J connectivity index is 2.35. The Labute approximate surface area is 123 Å². The molecule has 100 valence electrons. The lowest BCUT2D eigenvalue weighted by atomic mass is 9.98. The van der Waals surface area contributed by atoms with Gasteiger partial charge in [0.2, 0.25) is 0 Å². The first-order valence-electron chi connectivity index (χ1n) is 6.33. The van der Waals surface area contributed by atoms with E-state index in [1.165, 1.54) is 5.56 Å². The molecule has 0 saturated carbocycles. The van der Waals surface area contributed by atoms with Crippen molar-refractivity contribution in [3.05, 3.63) is 69.2 Å². The van der Waals surface area contributed by atoms with Crippen molar-refractivity contribution in [1.29, 1.82) is 0 Å². The predicted molar refractivity (Wildman–Crippen MR) is 81.0 cm³/mol. The van der Waals surface area contributed by atoms with Gasteiger partial charge < -0.3 is 5.11 Å². The van der Waals surface area contributed by atoms with Crippen LogP contribution in [-0.4, -0.2) is 5.11 Å². The van der Waals surface area contributed by atoms with Gasteiger partial charge in [-0.3, -0.25) is 0 Å². The summed E-state index contributed by atoms with van der Waals surface area (Å²) in [4.78, 5) is 0. The molecule has 1 nitrogen and oxygen atoms in total. The van der Waals surface area contributed by atoms with Crippen LogP contribution in [0.2, 0.25) is 10.0 Å². The molecular formula is C16H16Cl2O. The summed E-state index contributed by atoms with van der Waals surface area (Å²) in [5.74, 6) is 0. The number of rotatable bonds is 4. The van der Waals surface area contributed by atoms with Gasteiger partial charge in [0.25, 0.3) is 0 Å². The molecule has 1 N–H and O–H groups in total. The minimum atomic E-state index is -0.747. The highest BCUT2D eigenvalue weighted by atomic mass is 35.5. The predicted octanol–water partition coefficient (Wildman–Crippen LogP) is 5.03. The molecule has 1 unspecified atom stereocenters. The van der Waals surface area contributed by atoms with Crippen LogP contribution in [0.25, 0.3) is 0 Å². The average Bonchev–Trinajstić information content (AvgIpc) is 2.41. The van der Waals surface area contributed by atoms with Gasteiger partial charge in [-0.1, -0.05) is 60.8 Å². The second kappa shape index (κ2) is 6.42. The third-order valence-electron chi connectivity index (χ3n) is 3.06. The van der Waals surface area contributed by atoms with Gasteiger partial charge in [0, 0.05) is 15.6 Å². The van der Waals surface area contributed by atoms with E-state index in [0.29, 0.717) is 15.6 Å². The zero-order valence-electron chi connectivity index (χ0n) is 10.7. The van der Waals surface area contributed by atoms with Crippen LogP contribution in [0.1, 0.15) is 36.1 Å². The van der Waals surface area contributed by atoms with E-state index >= 15 is 0 Å².